The molecule has 0 bridgehead atoms. The zero-order valence-corrected chi connectivity index (χ0v) is 17.8. The van der Waals surface area contributed by atoms with Gasteiger partial charge in [-0.2, -0.15) is 0 Å². The SMILES string of the molecule is COC=C(C(=O)OC)c1csc2ccc(CONC(=C3CC3)c3ccccc3)cc12. The number of hydroxylamine groups is 1. The van der Waals surface area contributed by atoms with Gasteiger partial charge >= 0.3 is 5.97 Å². The molecule has 2 aromatic carbocycles. The molecule has 1 heterocycles. The van der Waals surface area contributed by atoms with Gasteiger partial charge in [0, 0.05) is 21.0 Å². The first kappa shape index (κ1) is 20.2. The summed E-state index contributed by atoms with van der Waals surface area (Å²) >= 11 is 1.57. The lowest BCUT2D eigenvalue weighted by Gasteiger charge is -2.12. The Bertz CT molecular complexity index is 1110. The number of nitrogens with one attached hydrogen (secondary N) is 1. The largest absolute Gasteiger partial charge is 0.503 e. The Labute approximate surface area is 179 Å². The van der Waals surface area contributed by atoms with Gasteiger partial charge in [-0.1, -0.05) is 36.4 Å². The topological polar surface area (TPSA) is 56.8 Å². The molecular formula is C24H23NO4S. The van der Waals surface area contributed by atoms with Gasteiger partial charge < -0.3 is 9.47 Å². The average Bonchev–Trinajstić information content (AvgIpc) is 3.54. The van der Waals surface area contributed by atoms with Gasteiger partial charge in [0.2, 0.25) is 0 Å². The summed E-state index contributed by atoms with van der Waals surface area (Å²) in [5.74, 6) is -0.427. The van der Waals surface area contributed by atoms with Crippen molar-refractivity contribution in [1.82, 2.24) is 5.48 Å². The molecule has 3 aromatic rings. The molecule has 6 heteroatoms. The number of benzene rings is 2. The van der Waals surface area contributed by atoms with E-state index < -0.39 is 5.97 Å². The smallest absolute Gasteiger partial charge is 0.341 e. The number of rotatable bonds is 8. The summed E-state index contributed by atoms with van der Waals surface area (Å²) in [6.45, 7) is 0.399. The molecule has 1 aliphatic rings. The Morgan fingerprint density at radius 2 is 1.93 bits per heavy atom. The fourth-order valence-electron chi connectivity index (χ4n) is 3.27. The normalized spacial score (nSPS) is 13.3. The molecule has 0 amide bonds. The number of thiophene rings is 1. The lowest BCUT2D eigenvalue weighted by Crippen LogP contribution is -2.13. The lowest BCUT2D eigenvalue weighted by atomic mass is 10.0. The van der Waals surface area contributed by atoms with Gasteiger partial charge in [-0.25, -0.2) is 4.79 Å². The van der Waals surface area contributed by atoms with Crippen molar-refractivity contribution in [3.8, 4) is 0 Å². The highest BCUT2D eigenvalue weighted by molar-refractivity contribution is 7.17. The van der Waals surface area contributed by atoms with E-state index in [1.54, 1.807) is 11.3 Å². The number of carbonyl (C=O) groups excluding carboxylic acids is 1. The minimum absolute atomic E-state index is 0.396. The monoisotopic (exact) mass is 421 g/mol. The van der Waals surface area contributed by atoms with E-state index in [1.807, 2.05) is 41.8 Å². The molecule has 1 aromatic heterocycles. The van der Waals surface area contributed by atoms with Crippen molar-refractivity contribution < 1.29 is 19.1 Å². The van der Waals surface area contributed by atoms with E-state index in [9.17, 15) is 4.79 Å². The first-order valence-electron chi connectivity index (χ1n) is 9.68. The van der Waals surface area contributed by atoms with E-state index in [1.165, 1.54) is 26.1 Å². The molecule has 0 radical (unpaired) electrons. The molecule has 1 saturated carbocycles. The van der Waals surface area contributed by atoms with Gasteiger partial charge in [-0.05, 0) is 41.7 Å². The second kappa shape index (κ2) is 9.15. The summed E-state index contributed by atoms with van der Waals surface area (Å²) in [5, 5.41) is 2.92. The second-order valence-corrected chi connectivity index (χ2v) is 7.89. The standard InChI is InChI=1S/C24H23NO4S/c1-27-14-20(24(26)28-2)21-15-30-22-11-8-16(12-19(21)22)13-29-25-23(18-9-10-18)17-6-4-3-5-7-17/h3-8,11-12,14-15,25H,9-10,13H2,1-2H3. The minimum Gasteiger partial charge on any atom is -0.503 e. The van der Waals surface area contributed by atoms with Crippen molar-refractivity contribution in [2.45, 2.75) is 19.4 Å². The zero-order valence-electron chi connectivity index (χ0n) is 16.9. The van der Waals surface area contributed by atoms with Crippen molar-refractivity contribution in [3.63, 3.8) is 0 Å². The maximum absolute atomic E-state index is 12.2. The molecule has 1 fully saturated rings. The van der Waals surface area contributed by atoms with Crippen LogP contribution in [-0.2, 0) is 25.7 Å². The Balaban J connectivity index is 1.52. The molecule has 154 valence electrons. The van der Waals surface area contributed by atoms with E-state index >= 15 is 0 Å². The van der Waals surface area contributed by atoms with Crippen LogP contribution < -0.4 is 5.48 Å². The Hall–Kier alpha value is -3.09. The summed E-state index contributed by atoms with van der Waals surface area (Å²) in [4.78, 5) is 18.0. The maximum atomic E-state index is 12.2. The molecule has 30 heavy (non-hydrogen) atoms. The second-order valence-electron chi connectivity index (χ2n) is 6.97. The molecule has 0 atom stereocenters. The predicted molar refractivity (Wildman–Crippen MR) is 119 cm³/mol. The van der Waals surface area contributed by atoms with Gasteiger partial charge in [-0.3, -0.25) is 10.3 Å². The Morgan fingerprint density at radius 1 is 1.13 bits per heavy atom. The maximum Gasteiger partial charge on any atom is 0.341 e. The first-order chi connectivity index (χ1) is 14.7. The van der Waals surface area contributed by atoms with E-state index in [4.69, 9.17) is 14.3 Å². The number of hydrogen-bond acceptors (Lipinski definition) is 6. The molecule has 0 spiro atoms. The van der Waals surface area contributed by atoms with E-state index in [0.717, 1.165) is 45.3 Å². The van der Waals surface area contributed by atoms with Gasteiger partial charge in [-0.15, -0.1) is 11.3 Å². The number of esters is 1. The van der Waals surface area contributed by atoms with Crippen LogP contribution in [0.5, 0.6) is 0 Å². The number of ether oxygens (including phenoxy) is 2. The molecule has 0 saturated heterocycles. The summed E-state index contributed by atoms with van der Waals surface area (Å²) in [7, 11) is 2.88. The number of fused-ring (bicyclic) bond motifs is 1. The fourth-order valence-corrected chi connectivity index (χ4v) is 4.21. The van der Waals surface area contributed by atoms with Crippen molar-refractivity contribution in [2.24, 2.45) is 0 Å². The molecule has 0 aliphatic heterocycles. The third-order valence-corrected chi connectivity index (χ3v) is 5.86. The zero-order chi connectivity index (χ0) is 20.9. The molecule has 5 nitrogen and oxygen atoms in total. The quantitative estimate of drug-likeness (QED) is 0.232. The predicted octanol–water partition coefficient (Wildman–Crippen LogP) is 5.29. The highest BCUT2D eigenvalue weighted by Crippen LogP contribution is 2.35. The van der Waals surface area contributed by atoms with E-state index in [0.29, 0.717) is 12.2 Å². The van der Waals surface area contributed by atoms with Crippen LogP contribution in [0.15, 0.2) is 65.7 Å². The summed E-state index contributed by atoms with van der Waals surface area (Å²) in [6.07, 6.45) is 3.63. The highest BCUT2D eigenvalue weighted by atomic mass is 32.1. The van der Waals surface area contributed by atoms with Crippen molar-refractivity contribution in [3.05, 3.63) is 82.4 Å². The van der Waals surface area contributed by atoms with Gasteiger partial charge in [0.15, 0.2) is 0 Å². The minimum atomic E-state index is -0.427. The molecule has 1 aliphatic carbocycles. The van der Waals surface area contributed by atoms with Crippen LogP contribution in [0.4, 0.5) is 0 Å². The van der Waals surface area contributed by atoms with Gasteiger partial charge in [0.25, 0.3) is 0 Å². The number of methoxy groups -OCH3 is 2. The van der Waals surface area contributed by atoms with Crippen LogP contribution in [0.3, 0.4) is 0 Å². The first-order valence-corrected chi connectivity index (χ1v) is 10.6. The molecule has 4 rings (SSSR count). The number of hydrogen-bond donors (Lipinski definition) is 1. The van der Waals surface area contributed by atoms with Crippen LogP contribution in [-0.4, -0.2) is 20.2 Å². The number of allylic oxidation sites excluding steroid dienone is 1. The van der Waals surface area contributed by atoms with Gasteiger partial charge in [0.05, 0.1) is 32.8 Å². The van der Waals surface area contributed by atoms with Crippen LogP contribution in [0.2, 0.25) is 0 Å². The summed E-state index contributed by atoms with van der Waals surface area (Å²) in [6, 6.07) is 16.3. The van der Waals surface area contributed by atoms with E-state index in [2.05, 4.69) is 17.6 Å². The average molecular weight is 422 g/mol. The van der Waals surface area contributed by atoms with Crippen molar-refractivity contribution >= 4 is 38.7 Å². The lowest BCUT2D eigenvalue weighted by molar-refractivity contribution is -0.133. The Kier molecular flexibility index (Phi) is 6.16. The fraction of sp³-hybridized carbons (Fsp3) is 0.208. The molecule has 0 unspecified atom stereocenters. The Morgan fingerprint density at radius 3 is 2.63 bits per heavy atom. The highest BCUT2D eigenvalue weighted by Gasteiger charge is 2.20. The van der Waals surface area contributed by atoms with Crippen LogP contribution in [0.1, 0.15) is 29.5 Å². The van der Waals surface area contributed by atoms with E-state index in [-0.39, 0.29) is 0 Å². The summed E-state index contributed by atoms with van der Waals surface area (Å²) < 4.78 is 11.1. The number of carbonyl (C=O) groups is 1. The van der Waals surface area contributed by atoms with Gasteiger partial charge in [0.1, 0.15) is 5.57 Å². The third kappa shape index (κ3) is 4.40. The van der Waals surface area contributed by atoms with Crippen LogP contribution in [0, 0.1) is 0 Å². The van der Waals surface area contributed by atoms with Crippen LogP contribution >= 0.6 is 11.3 Å². The third-order valence-electron chi connectivity index (χ3n) is 4.90. The van der Waals surface area contributed by atoms with Crippen molar-refractivity contribution in [2.75, 3.05) is 14.2 Å². The molecule has 1 N–H and O–H groups in total. The molecular weight excluding hydrogens is 398 g/mol. The summed E-state index contributed by atoms with van der Waals surface area (Å²) in [5.41, 5.74) is 8.92. The van der Waals surface area contributed by atoms with Crippen molar-refractivity contribution in [1.29, 1.82) is 0 Å². The van der Waals surface area contributed by atoms with Crippen LogP contribution in [0.25, 0.3) is 21.4 Å².